The summed E-state index contributed by atoms with van der Waals surface area (Å²) in [5.74, 6) is -1.40. The largest absolute Gasteiger partial charge is 0.465 e. The summed E-state index contributed by atoms with van der Waals surface area (Å²) in [4.78, 5) is 12.6. The van der Waals surface area contributed by atoms with Gasteiger partial charge in [0, 0.05) is 10.9 Å². The number of hydrogen-bond donors (Lipinski definition) is 1. The lowest BCUT2D eigenvalue weighted by atomic mass is 10.1. The summed E-state index contributed by atoms with van der Waals surface area (Å²) in [6.45, 7) is 3.66. The molecular formula is C19H20ClNO4S. The normalized spacial score (nSPS) is 24.9. The van der Waals surface area contributed by atoms with Crippen LogP contribution in [0.3, 0.4) is 0 Å². The van der Waals surface area contributed by atoms with Gasteiger partial charge in [-0.15, -0.1) is 0 Å². The zero-order valence-electron chi connectivity index (χ0n) is 14.5. The predicted octanol–water partition coefficient (Wildman–Crippen LogP) is 2.85. The standard InChI is InChI=1S/C19H20ClNO4S/c1-3-25-18(22)19(21)16(13-6-8-14(20)9-7-13)17(19)26(23,24)15-10-4-12(2)5-11-15/h4-11,16-17H,3,21H2,1-2H3/t16-,17+,19-/m1/s1. The van der Waals surface area contributed by atoms with Crippen LogP contribution in [0.5, 0.6) is 0 Å². The Morgan fingerprint density at radius 2 is 1.73 bits per heavy atom. The van der Waals surface area contributed by atoms with Crippen LogP contribution >= 0.6 is 11.6 Å². The summed E-state index contributed by atoms with van der Waals surface area (Å²) in [7, 11) is -3.82. The van der Waals surface area contributed by atoms with E-state index in [-0.39, 0.29) is 11.5 Å². The zero-order chi connectivity index (χ0) is 19.1. The van der Waals surface area contributed by atoms with E-state index in [1.807, 2.05) is 6.92 Å². The number of rotatable bonds is 5. The smallest absolute Gasteiger partial charge is 0.328 e. The van der Waals surface area contributed by atoms with Crippen LogP contribution in [-0.2, 0) is 19.4 Å². The predicted molar refractivity (Wildman–Crippen MR) is 99.9 cm³/mol. The topological polar surface area (TPSA) is 86.5 Å². The van der Waals surface area contributed by atoms with E-state index in [0.29, 0.717) is 10.6 Å². The van der Waals surface area contributed by atoms with Crippen molar-refractivity contribution in [2.75, 3.05) is 6.61 Å². The van der Waals surface area contributed by atoms with Gasteiger partial charge in [0.25, 0.3) is 0 Å². The van der Waals surface area contributed by atoms with E-state index < -0.39 is 32.5 Å². The van der Waals surface area contributed by atoms with Gasteiger partial charge in [0.15, 0.2) is 9.84 Å². The highest BCUT2D eigenvalue weighted by molar-refractivity contribution is 7.92. The van der Waals surface area contributed by atoms with E-state index in [9.17, 15) is 13.2 Å². The Hall–Kier alpha value is -1.89. The average molecular weight is 394 g/mol. The summed E-state index contributed by atoms with van der Waals surface area (Å²) in [6, 6.07) is 13.2. The molecule has 1 aliphatic rings. The second kappa shape index (κ2) is 6.68. The van der Waals surface area contributed by atoms with Crippen molar-refractivity contribution < 1.29 is 17.9 Å². The number of aryl methyl sites for hydroxylation is 1. The number of ether oxygens (including phenoxy) is 1. The monoisotopic (exact) mass is 393 g/mol. The average Bonchev–Trinajstić information content (AvgIpc) is 3.25. The van der Waals surface area contributed by atoms with Gasteiger partial charge in [0.2, 0.25) is 0 Å². The molecule has 0 amide bonds. The molecule has 0 aromatic heterocycles. The lowest BCUT2D eigenvalue weighted by molar-refractivity contribution is -0.145. The van der Waals surface area contributed by atoms with Crippen LogP contribution < -0.4 is 5.73 Å². The van der Waals surface area contributed by atoms with E-state index in [1.165, 1.54) is 12.1 Å². The first-order valence-corrected chi connectivity index (χ1v) is 10.2. The van der Waals surface area contributed by atoms with Gasteiger partial charge in [-0.2, -0.15) is 0 Å². The highest BCUT2D eigenvalue weighted by Gasteiger charge is 2.74. The molecule has 5 nitrogen and oxygen atoms in total. The number of hydrogen-bond acceptors (Lipinski definition) is 5. The van der Waals surface area contributed by atoms with Crippen LogP contribution in [0.15, 0.2) is 53.4 Å². The molecule has 0 spiro atoms. The van der Waals surface area contributed by atoms with Gasteiger partial charge >= 0.3 is 5.97 Å². The molecule has 0 bridgehead atoms. The van der Waals surface area contributed by atoms with E-state index >= 15 is 0 Å². The van der Waals surface area contributed by atoms with Gasteiger partial charge < -0.3 is 10.5 Å². The molecule has 26 heavy (non-hydrogen) atoms. The highest BCUT2D eigenvalue weighted by Crippen LogP contribution is 2.56. The van der Waals surface area contributed by atoms with Crippen molar-refractivity contribution in [3.8, 4) is 0 Å². The summed E-state index contributed by atoms with van der Waals surface area (Å²) in [5.41, 5.74) is 6.27. The minimum Gasteiger partial charge on any atom is -0.465 e. The number of nitrogens with two attached hydrogens (primary N) is 1. The minimum absolute atomic E-state index is 0.127. The van der Waals surface area contributed by atoms with Gasteiger partial charge in [0.1, 0.15) is 10.8 Å². The van der Waals surface area contributed by atoms with Crippen LogP contribution in [-0.4, -0.2) is 31.8 Å². The first-order valence-electron chi connectivity index (χ1n) is 8.25. The van der Waals surface area contributed by atoms with Gasteiger partial charge in [-0.1, -0.05) is 41.4 Å². The lowest BCUT2D eigenvalue weighted by Crippen LogP contribution is -2.41. The first kappa shape index (κ1) is 18.9. The number of carbonyl (C=O) groups is 1. The molecule has 7 heteroatoms. The number of benzene rings is 2. The van der Waals surface area contributed by atoms with Crippen molar-refractivity contribution >= 4 is 27.4 Å². The van der Waals surface area contributed by atoms with Gasteiger partial charge in [-0.3, -0.25) is 0 Å². The molecule has 2 N–H and O–H groups in total. The number of halogens is 1. The summed E-state index contributed by atoms with van der Waals surface area (Å²) in [6.07, 6.45) is 0. The Bertz CT molecular complexity index is 925. The van der Waals surface area contributed by atoms with Crippen LogP contribution in [0, 0.1) is 6.92 Å². The quantitative estimate of drug-likeness (QED) is 0.789. The molecule has 3 atom stereocenters. The number of carbonyl (C=O) groups excluding carboxylic acids is 1. The van der Waals surface area contributed by atoms with E-state index in [4.69, 9.17) is 22.1 Å². The molecular weight excluding hydrogens is 374 g/mol. The summed E-state index contributed by atoms with van der Waals surface area (Å²) in [5, 5.41) is -0.566. The van der Waals surface area contributed by atoms with Crippen molar-refractivity contribution in [3.63, 3.8) is 0 Å². The van der Waals surface area contributed by atoms with Gasteiger partial charge in [0.05, 0.1) is 11.5 Å². The van der Waals surface area contributed by atoms with E-state index in [2.05, 4.69) is 0 Å². The summed E-state index contributed by atoms with van der Waals surface area (Å²) < 4.78 is 31.4. The fraction of sp³-hybridized carbons (Fsp3) is 0.316. The number of sulfone groups is 1. The Balaban J connectivity index is 2.06. The molecule has 0 saturated heterocycles. The SMILES string of the molecule is CCOC(=O)[C@@]1(N)[C@H](c2ccc(Cl)cc2)[C@@H]1S(=O)(=O)c1ccc(C)cc1. The van der Waals surface area contributed by atoms with Crippen LogP contribution in [0.25, 0.3) is 0 Å². The van der Waals surface area contributed by atoms with Gasteiger partial charge in [-0.25, -0.2) is 13.2 Å². The lowest BCUT2D eigenvalue weighted by Gasteiger charge is -2.11. The maximum atomic E-state index is 13.2. The Kier molecular flexibility index (Phi) is 4.86. The van der Waals surface area contributed by atoms with Crippen LogP contribution in [0.1, 0.15) is 24.0 Å². The molecule has 2 aromatic rings. The third-order valence-corrected chi connectivity index (χ3v) is 7.23. The molecule has 1 aliphatic carbocycles. The zero-order valence-corrected chi connectivity index (χ0v) is 16.0. The van der Waals surface area contributed by atoms with Crippen molar-refractivity contribution in [3.05, 3.63) is 64.7 Å². The third kappa shape index (κ3) is 3.02. The van der Waals surface area contributed by atoms with E-state index in [0.717, 1.165) is 5.56 Å². The molecule has 138 valence electrons. The third-order valence-electron chi connectivity index (χ3n) is 4.72. The van der Waals surface area contributed by atoms with Crippen molar-refractivity contribution in [1.29, 1.82) is 0 Å². The molecule has 1 fully saturated rings. The molecule has 3 rings (SSSR count). The van der Waals surface area contributed by atoms with Crippen molar-refractivity contribution in [2.24, 2.45) is 5.73 Å². The minimum atomic E-state index is -3.82. The molecule has 1 saturated carbocycles. The van der Waals surface area contributed by atoms with Crippen molar-refractivity contribution in [2.45, 2.75) is 35.4 Å². The van der Waals surface area contributed by atoms with E-state index in [1.54, 1.807) is 43.3 Å². The maximum Gasteiger partial charge on any atom is 0.328 e. The molecule has 0 heterocycles. The van der Waals surface area contributed by atoms with Crippen LogP contribution in [0.2, 0.25) is 5.02 Å². The van der Waals surface area contributed by atoms with Crippen LogP contribution in [0.4, 0.5) is 0 Å². The highest BCUT2D eigenvalue weighted by atomic mass is 35.5. The van der Waals surface area contributed by atoms with Crippen molar-refractivity contribution in [1.82, 2.24) is 0 Å². The number of esters is 1. The summed E-state index contributed by atoms with van der Waals surface area (Å²) >= 11 is 5.92. The molecule has 0 unspecified atom stereocenters. The first-order chi connectivity index (χ1) is 12.2. The Morgan fingerprint density at radius 1 is 1.15 bits per heavy atom. The second-order valence-corrected chi connectivity index (χ2v) is 8.97. The fourth-order valence-electron chi connectivity index (χ4n) is 3.30. The maximum absolute atomic E-state index is 13.2. The second-order valence-electron chi connectivity index (χ2n) is 6.46. The Labute approximate surface area is 158 Å². The van der Waals surface area contributed by atoms with Gasteiger partial charge in [-0.05, 0) is 43.7 Å². The molecule has 0 aliphatic heterocycles. The fourth-order valence-corrected chi connectivity index (χ4v) is 5.66. The molecule has 0 radical (unpaired) electrons. The Morgan fingerprint density at radius 3 is 2.27 bits per heavy atom. The molecule has 2 aromatic carbocycles.